The van der Waals surface area contributed by atoms with Crippen LogP contribution in [0.15, 0.2) is 12.2 Å². The van der Waals surface area contributed by atoms with Crippen LogP contribution in [0.5, 0.6) is 0 Å². The Morgan fingerprint density at radius 2 is 2.11 bits per heavy atom. The number of ether oxygens (including phenoxy) is 3. The molecule has 0 amide bonds. The third-order valence-corrected chi connectivity index (χ3v) is 3.88. The van der Waals surface area contributed by atoms with Crippen molar-refractivity contribution in [2.75, 3.05) is 6.61 Å². The summed E-state index contributed by atoms with van der Waals surface area (Å²) < 4.78 is 16.6. The van der Waals surface area contributed by atoms with Gasteiger partial charge in [0.2, 0.25) is 0 Å². The fraction of sp³-hybridized carbons (Fsp3) is 0.769. The molecule has 3 rings (SSSR count). The Hall–Kier alpha value is -0.910. The molecule has 5 nitrogen and oxygen atoms in total. The Morgan fingerprint density at radius 3 is 2.78 bits per heavy atom. The second-order valence-electron chi connectivity index (χ2n) is 5.19. The highest BCUT2D eigenvalue weighted by molar-refractivity contribution is 5.84. The van der Waals surface area contributed by atoms with Gasteiger partial charge in [0, 0.05) is 18.9 Å². The van der Waals surface area contributed by atoms with Gasteiger partial charge in [-0.15, -0.1) is 0 Å². The molecule has 1 saturated heterocycles. The van der Waals surface area contributed by atoms with Crippen molar-refractivity contribution in [2.24, 2.45) is 0 Å². The van der Waals surface area contributed by atoms with Crippen molar-refractivity contribution in [3.05, 3.63) is 12.2 Å². The second-order valence-corrected chi connectivity index (χ2v) is 5.19. The first kappa shape index (κ1) is 12.1. The predicted molar refractivity (Wildman–Crippen MR) is 61.7 cm³/mol. The number of cyclic esters (lactones) is 1. The average Bonchev–Trinajstić information content (AvgIpc) is 2.97. The molecule has 1 saturated carbocycles. The van der Waals surface area contributed by atoms with Gasteiger partial charge in [-0.25, -0.2) is 4.79 Å². The van der Waals surface area contributed by atoms with Crippen molar-refractivity contribution in [1.82, 2.24) is 0 Å². The van der Waals surface area contributed by atoms with Gasteiger partial charge >= 0.3 is 5.97 Å². The third kappa shape index (κ3) is 2.18. The molecule has 2 heterocycles. The minimum atomic E-state index is -0.853. The lowest BCUT2D eigenvalue weighted by Gasteiger charge is -2.32. The van der Waals surface area contributed by atoms with Crippen LogP contribution in [0.3, 0.4) is 0 Å². The SMILES string of the molecule is O=C1C=CC(C(O)[C@H]2COC3(CCCCC3)O2)O1. The molecular formula is C13H18O5. The summed E-state index contributed by atoms with van der Waals surface area (Å²) >= 11 is 0. The van der Waals surface area contributed by atoms with Gasteiger partial charge < -0.3 is 19.3 Å². The number of carbonyl (C=O) groups excluding carboxylic acids is 1. The maximum absolute atomic E-state index is 11.0. The van der Waals surface area contributed by atoms with Gasteiger partial charge in [0.25, 0.3) is 0 Å². The molecule has 2 aliphatic heterocycles. The Morgan fingerprint density at radius 1 is 1.33 bits per heavy atom. The van der Waals surface area contributed by atoms with Crippen LogP contribution in [-0.4, -0.2) is 41.8 Å². The van der Waals surface area contributed by atoms with Gasteiger partial charge in [-0.2, -0.15) is 0 Å². The Bertz CT molecular complexity index is 358. The predicted octanol–water partition coefficient (Wildman–Crippen LogP) is 0.905. The van der Waals surface area contributed by atoms with Gasteiger partial charge in [0.1, 0.15) is 18.3 Å². The molecule has 0 aromatic heterocycles. The van der Waals surface area contributed by atoms with Gasteiger partial charge in [-0.1, -0.05) is 6.42 Å². The molecule has 0 aromatic rings. The molecule has 2 unspecified atom stereocenters. The number of esters is 1. The summed E-state index contributed by atoms with van der Waals surface area (Å²) in [5.41, 5.74) is 0. The number of aliphatic hydroxyl groups excluding tert-OH is 1. The van der Waals surface area contributed by atoms with E-state index >= 15 is 0 Å². The molecule has 3 atom stereocenters. The zero-order valence-electron chi connectivity index (χ0n) is 10.2. The van der Waals surface area contributed by atoms with E-state index in [1.807, 2.05) is 0 Å². The van der Waals surface area contributed by atoms with E-state index in [9.17, 15) is 9.90 Å². The Labute approximate surface area is 106 Å². The van der Waals surface area contributed by atoms with Crippen LogP contribution in [0.4, 0.5) is 0 Å². The molecule has 3 aliphatic rings. The molecule has 18 heavy (non-hydrogen) atoms. The highest BCUT2D eigenvalue weighted by Crippen LogP contribution is 2.39. The quantitative estimate of drug-likeness (QED) is 0.742. The lowest BCUT2D eigenvalue weighted by molar-refractivity contribution is -0.200. The lowest BCUT2D eigenvalue weighted by Crippen LogP contribution is -2.41. The van der Waals surface area contributed by atoms with E-state index in [2.05, 4.69) is 0 Å². The van der Waals surface area contributed by atoms with Crippen LogP contribution < -0.4 is 0 Å². The van der Waals surface area contributed by atoms with Crippen LogP contribution in [0.2, 0.25) is 0 Å². The lowest BCUT2D eigenvalue weighted by atomic mass is 9.94. The number of carbonyl (C=O) groups is 1. The molecule has 0 aromatic carbocycles. The van der Waals surface area contributed by atoms with E-state index in [4.69, 9.17) is 14.2 Å². The standard InChI is InChI=1S/C13H18O5/c14-11-5-4-9(17-11)12(15)10-8-16-13(18-10)6-2-1-3-7-13/h4-5,9-10,12,15H,1-3,6-8H2/t9?,10-,12?/m1/s1. The van der Waals surface area contributed by atoms with Gasteiger partial charge in [-0.3, -0.25) is 0 Å². The van der Waals surface area contributed by atoms with Crippen molar-refractivity contribution in [1.29, 1.82) is 0 Å². The minimum absolute atomic E-state index is 0.364. The monoisotopic (exact) mass is 254 g/mol. The van der Waals surface area contributed by atoms with Gasteiger partial charge in [0.15, 0.2) is 5.79 Å². The average molecular weight is 254 g/mol. The van der Waals surface area contributed by atoms with E-state index in [1.165, 1.54) is 12.5 Å². The second kappa shape index (κ2) is 4.64. The number of hydrogen-bond donors (Lipinski definition) is 1. The third-order valence-electron chi connectivity index (χ3n) is 3.88. The van der Waals surface area contributed by atoms with Crippen LogP contribution in [-0.2, 0) is 19.0 Å². The molecule has 2 fully saturated rings. The molecule has 0 bridgehead atoms. The summed E-state index contributed by atoms with van der Waals surface area (Å²) in [6, 6.07) is 0. The van der Waals surface area contributed by atoms with E-state index in [0.29, 0.717) is 6.61 Å². The summed E-state index contributed by atoms with van der Waals surface area (Å²) in [6.45, 7) is 0.364. The summed E-state index contributed by atoms with van der Waals surface area (Å²) in [5.74, 6) is -0.915. The van der Waals surface area contributed by atoms with Crippen molar-refractivity contribution in [3.8, 4) is 0 Å². The van der Waals surface area contributed by atoms with Crippen LogP contribution in [0, 0.1) is 0 Å². The van der Waals surface area contributed by atoms with E-state index < -0.39 is 30.1 Å². The molecule has 1 aliphatic carbocycles. The number of aliphatic hydroxyl groups is 1. The van der Waals surface area contributed by atoms with Crippen molar-refractivity contribution in [3.63, 3.8) is 0 Å². The first-order valence-corrected chi connectivity index (χ1v) is 6.57. The maximum Gasteiger partial charge on any atom is 0.331 e. The fourth-order valence-electron chi connectivity index (χ4n) is 2.88. The van der Waals surface area contributed by atoms with Crippen LogP contribution in [0.25, 0.3) is 0 Å². The molecule has 100 valence electrons. The zero-order chi connectivity index (χ0) is 12.6. The highest BCUT2D eigenvalue weighted by atomic mass is 16.7. The summed E-state index contributed by atoms with van der Waals surface area (Å²) in [4.78, 5) is 11.0. The normalized spacial score (nSPS) is 35.9. The summed E-state index contributed by atoms with van der Waals surface area (Å²) in [5, 5.41) is 10.1. The van der Waals surface area contributed by atoms with E-state index in [1.54, 1.807) is 6.08 Å². The van der Waals surface area contributed by atoms with Crippen molar-refractivity contribution < 1.29 is 24.1 Å². The molecule has 0 radical (unpaired) electrons. The molecule has 5 heteroatoms. The highest BCUT2D eigenvalue weighted by Gasteiger charge is 2.46. The minimum Gasteiger partial charge on any atom is -0.452 e. The van der Waals surface area contributed by atoms with Crippen molar-refractivity contribution in [2.45, 2.75) is 56.2 Å². The van der Waals surface area contributed by atoms with E-state index in [-0.39, 0.29) is 0 Å². The number of hydrogen-bond acceptors (Lipinski definition) is 5. The first-order valence-electron chi connectivity index (χ1n) is 6.57. The molecule has 1 N–H and O–H groups in total. The van der Waals surface area contributed by atoms with E-state index in [0.717, 1.165) is 25.7 Å². The van der Waals surface area contributed by atoms with Gasteiger partial charge in [0.05, 0.1) is 6.61 Å². The summed E-state index contributed by atoms with van der Waals surface area (Å²) in [6.07, 6.45) is 6.21. The molecular weight excluding hydrogens is 236 g/mol. The topological polar surface area (TPSA) is 65.0 Å². The first-order chi connectivity index (χ1) is 8.69. The Balaban J connectivity index is 1.61. The molecule has 1 spiro atoms. The van der Waals surface area contributed by atoms with Crippen LogP contribution >= 0.6 is 0 Å². The zero-order valence-corrected chi connectivity index (χ0v) is 10.2. The smallest absolute Gasteiger partial charge is 0.331 e. The fourth-order valence-corrected chi connectivity index (χ4v) is 2.88. The maximum atomic E-state index is 11.0. The largest absolute Gasteiger partial charge is 0.452 e. The Kier molecular flexibility index (Phi) is 3.13. The number of rotatable bonds is 2. The van der Waals surface area contributed by atoms with Crippen molar-refractivity contribution >= 4 is 5.97 Å². The van der Waals surface area contributed by atoms with Crippen LogP contribution in [0.1, 0.15) is 32.1 Å². The summed E-state index contributed by atoms with van der Waals surface area (Å²) in [7, 11) is 0. The van der Waals surface area contributed by atoms with Gasteiger partial charge in [-0.05, 0) is 18.9 Å².